The predicted octanol–water partition coefficient (Wildman–Crippen LogP) is 2.48. The molecule has 6 heteroatoms. The van der Waals surface area contributed by atoms with E-state index in [-0.39, 0.29) is 0 Å². The fourth-order valence-electron chi connectivity index (χ4n) is 1.31. The van der Waals surface area contributed by atoms with Gasteiger partial charge in [-0.05, 0) is 12.8 Å². The van der Waals surface area contributed by atoms with Crippen molar-refractivity contribution >= 4 is 28.0 Å². The molecular weight excluding hydrogens is 228 g/mol. The highest BCUT2D eigenvalue weighted by Gasteiger charge is 2.27. The number of aromatic nitrogens is 3. The van der Waals surface area contributed by atoms with Crippen LogP contribution in [0, 0.1) is 0 Å². The molecule has 1 aliphatic carbocycles. The molecule has 0 atom stereocenters. The highest BCUT2D eigenvalue weighted by Crippen LogP contribution is 2.39. The van der Waals surface area contributed by atoms with Crippen molar-refractivity contribution in [3.05, 3.63) is 22.4 Å². The molecule has 4 nitrogen and oxygen atoms in total. The lowest BCUT2D eigenvalue weighted by atomic mass is 10.4. The molecular formula is C9H10N4S2. The van der Waals surface area contributed by atoms with Crippen LogP contribution in [-0.4, -0.2) is 14.3 Å². The molecule has 3 rings (SSSR count). The topological polar surface area (TPSA) is 50.7 Å². The summed E-state index contributed by atoms with van der Waals surface area (Å²) in [6.07, 6.45) is 4.32. The van der Waals surface area contributed by atoms with Crippen LogP contribution in [0.4, 0.5) is 5.13 Å². The molecule has 78 valence electrons. The predicted molar refractivity (Wildman–Crippen MR) is 61.3 cm³/mol. The van der Waals surface area contributed by atoms with E-state index in [2.05, 4.69) is 19.7 Å². The van der Waals surface area contributed by atoms with Crippen molar-refractivity contribution in [3.63, 3.8) is 0 Å². The van der Waals surface area contributed by atoms with Gasteiger partial charge in [-0.3, -0.25) is 0 Å². The van der Waals surface area contributed by atoms with Crippen LogP contribution in [0.2, 0.25) is 0 Å². The van der Waals surface area contributed by atoms with Crippen molar-refractivity contribution in [1.82, 2.24) is 14.3 Å². The summed E-state index contributed by atoms with van der Waals surface area (Å²) in [6, 6.07) is 0. The molecule has 0 bridgehead atoms. The van der Waals surface area contributed by atoms with Crippen LogP contribution in [0.1, 0.15) is 29.6 Å². The largest absolute Gasteiger partial charge is 0.354 e. The van der Waals surface area contributed by atoms with Crippen molar-refractivity contribution in [2.24, 2.45) is 0 Å². The van der Waals surface area contributed by atoms with Crippen LogP contribution in [-0.2, 0) is 6.54 Å². The van der Waals surface area contributed by atoms with E-state index in [0.29, 0.717) is 5.92 Å². The highest BCUT2D eigenvalue weighted by molar-refractivity contribution is 7.10. The summed E-state index contributed by atoms with van der Waals surface area (Å²) in [4.78, 5) is 8.64. The van der Waals surface area contributed by atoms with Crippen molar-refractivity contribution in [2.45, 2.75) is 25.3 Å². The van der Waals surface area contributed by atoms with Crippen molar-refractivity contribution in [3.8, 4) is 0 Å². The SMILES string of the molecule is c1csc(CNc2nc(C3CC3)ns2)n1. The van der Waals surface area contributed by atoms with Gasteiger partial charge in [0.1, 0.15) is 10.8 Å². The van der Waals surface area contributed by atoms with Gasteiger partial charge in [0.15, 0.2) is 0 Å². The molecule has 0 aliphatic heterocycles. The number of hydrogen-bond donors (Lipinski definition) is 1. The van der Waals surface area contributed by atoms with E-state index < -0.39 is 0 Å². The summed E-state index contributed by atoms with van der Waals surface area (Å²) in [7, 11) is 0. The van der Waals surface area contributed by atoms with Gasteiger partial charge in [0.05, 0.1) is 6.54 Å². The van der Waals surface area contributed by atoms with E-state index in [0.717, 1.165) is 22.5 Å². The van der Waals surface area contributed by atoms with Gasteiger partial charge in [-0.2, -0.15) is 4.37 Å². The van der Waals surface area contributed by atoms with Gasteiger partial charge in [0.2, 0.25) is 5.13 Å². The second-order valence-electron chi connectivity index (χ2n) is 3.51. The summed E-state index contributed by atoms with van der Waals surface area (Å²) in [5, 5.41) is 7.21. The van der Waals surface area contributed by atoms with E-state index in [1.165, 1.54) is 24.4 Å². The van der Waals surface area contributed by atoms with Gasteiger partial charge >= 0.3 is 0 Å². The normalized spacial score (nSPS) is 15.5. The fraction of sp³-hybridized carbons (Fsp3) is 0.444. The minimum Gasteiger partial charge on any atom is -0.354 e. The Morgan fingerprint density at radius 1 is 1.47 bits per heavy atom. The Labute approximate surface area is 95.6 Å². The first kappa shape index (κ1) is 9.23. The van der Waals surface area contributed by atoms with E-state index in [9.17, 15) is 0 Å². The Morgan fingerprint density at radius 2 is 2.40 bits per heavy atom. The molecule has 2 aromatic heterocycles. The lowest BCUT2D eigenvalue weighted by Crippen LogP contribution is -1.98. The first-order valence-corrected chi connectivity index (χ1v) is 6.53. The summed E-state index contributed by atoms with van der Waals surface area (Å²) >= 11 is 3.09. The summed E-state index contributed by atoms with van der Waals surface area (Å²) in [5.74, 6) is 1.65. The lowest BCUT2D eigenvalue weighted by Gasteiger charge is -1.96. The van der Waals surface area contributed by atoms with Crippen LogP contribution in [0.15, 0.2) is 11.6 Å². The number of nitrogens with one attached hydrogen (secondary N) is 1. The molecule has 1 saturated carbocycles. The van der Waals surface area contributed by atoms with Crippen LogP contribution in [0.25, 0.3) is 0 Å². The average Bonchev–Trinajstić information content (AvgIpc) is 2.82. The minimum atomic E-state index is 0.636. The Balaban J connectivity index is 1.61. The van der Waals surface area contributed by atoms with E-state index in [4.69, 9.17) is 0 Å². The van der Waals surface area contributed by atoms with Gasteiger partial charge < -0.3 is 5.32 Å². The Hall–Kier alpha value is -1.01. The molecule has 1 aliphatic rings. The molecule has 15 heavy (non-hydrogen) atoms. The van der Waals surface area contributed by atoms with Crippen LogP contribution in [0.3, 0.4) is 0 Å². The van der Waals surface area contributed by atoms with Crippen LogP contribution < -0.4 is 5.32 Å². The number of rotatable bonds is 4. The third-order valence-electron chi connectivity index (χ3n) is 2.26. The number of nitrogens with zero attached hydrogens (tertiary/aromatic N) is 3. The molecule has 0 radical (unpaired) electrons. The molecule has 1 N–H and O–H groups in total. The summed E-state index contributed by atoms with van der Waals surface area (Å²) in [6.45, 7) is 0.747. The first-order chi connectivity index (χ1) is 7.42. The maximum atomic E-state index is 4.44. The van der Waals surface area contributed by atoms with Gasteiger partial charge in [-0.15, -0.1) is 11.3 Å². The molecule has 0 aromatic carbocycles. The van der Waals surface area contributed by atoms with Gasteiger partial charge in [-0.25, -0.2) is 9.97 Å². The van der Waals surface area contributed by atoms with E-state index in [1.54, 1.807) is 11.3 Å². The third-order valence-corrected chi connectivity index (χ3v) is 3.73. The maximum absolute atomic E-state index is 4.44. The first-order valence-electron chi connectivity index (χ1n) is 4.87. The fourth-order valence-corrected chi connectivity index (χ4v) is 2.50. The van der Waals surface area contributed by atoms with Gasteiger partial charge in [-0.1, -0.05) is 0 Å². The third kappa shape index (κ3) is 2.15. The quantitative estimate of drug-likeness (QED) is 0.889. The number of hydrogen-bond acceptors (Lipinski definition) is 6. The highest BCUT2D eigenvalue weighted by atomic mass is 32.1. The second-order valence-corrected chi connectivity index (χ2v) is 5.24. The van der Waals surface area contributed by atoms with Crippen LogP contribution >= 0.6 is 22.9 Å². The second kappa shape index (κ2) is 3.86. The zero-order valence-corrected chi connectivity index (χ0v) is 9.64. The van der Waals surface area contributed by atoms with E-state index >= 15 is 0 Å². The average molecular weight is 238 g/mol. The molecule has 2 aromatic rings. The summed E-state index contributed by atoms with van der Waals surface area (Å²) < 4.78 is 4.33. The molecule has 0 spiro atoms. The smallest absolute Gasteiger partial charge is 0.202 e. The summed E-state index contributed by atoms with van der Waals surface area (Å²) in [5.41, 5.74) is 0. The number of thiazole rings is 1. The van der Waals surface area contributed by atoms with Gasteiger partial charge in [0, 0.05) is 29.0 Å². The minimum absolute atomic E-state index is 0.636. The maximum Gasteiger partial charge on any atom is 0.202 e. The molecule has 1 fully saturated rings. The van der Waals surface area contributed by atoms with Crippen molar-refractivity contribution in [1.29, 1.82) is 0 Å². The van der Waals surface area contributed by atoms with Crippen molar-refractivity contribution < 1.29 is 0 Å². The Bertz CT molecular complexity index is 433. The van der Waals surface area contributed by atoms with Gasteiger partial charge in [0.25, 0.3) is 0 Å². The standard InChI is InChI=1S/C9H10N4S2/c1-2-6(1)8-12-9(15-13-8)11-5-7-10-3-4-14-7/h3-4,6H,1-2,5H2,(H,11,12,13). The molecule has 0 unspecified atom stereocenters. The lowest BCUT2D eigenvalue weighted by molar-refractivity contribution is 0.978. The molecule has 0 saturated heterocycles. The zero-order chi connectivity index (χ0) is 10.1. The monoisotopic (exact) mass is 238 g/mol. The van der Waals surface area contributed by atoms with Crippen LogP contribution in [0.5, 0.6) is 0 Å². The zero-order valence-electron chi connectivity index (χ0n) is 8.01. The van der Waals surface area contributed by atoms with Crippen molar-refractivity contribution in [2.75, 3.05) is 5.32 Å². The number of anilines is 1. The molecule has 0 amide bonds. The Morgan fingerprint density at radius 3 is 3.13 bits per heavy atom. The Kier molecular flexibility index (Phi) is 2.38. The molecule has 2 heterocycles. The van der Waals surface area contributed by atoms with E-state index in [1.807, 2.05) is 11.6 Å².